The molecule has 0 fully saturated rings. The van der Waals surface area contributed by atoms with Gasteiger partial charge in [0.05, 0.1) is 6.33 Å². The third kappa shape index (κ3) is 5.82. The minimum absolute atomic E-state index is 0.391. The van der Waals surface area contributed by atoms with Crippen molar-refractivity contribution < 1.29 is 9.90 Å². The van der Waals surface area contributed by atoms with E-state index in [2.05, 4.69) is 17.2 Å². The van der Waals surface area contributed by atoms with Crippen LogP contribution in [0.2, 0.25) is 0 Å². The maximum atomic E-state index is 11.0. The Balaban J connectivity index is 2.09. The molecular weight excluding hydrogens is 230 g/mol. The first-order chi connectivity index (χ1) is 8.74. The summed E-state index contributed by atoms with van der Waals surface area (Å²) < 4.78 is 2.03. The van der Waals surface area contributed by atoms with Gasteiger partial charge in [-0.15, -0.1) is 0 Å². The topological polar surface area (TPSA) is 67.2 Å². The van der Waals surface area contributed by atoms with Crippen molar-refractivity contribution in [1.82, 2.24) is 14.9 Å². The average Bonchev–Trinajstić information content (AvgIpc) is 2.85. The molecule has 0 aliphatic carbocycles. The van der Waals surface area contributed by atoms with E-state index in [-0.39, 0.29) is 0 Å². The van der Waals surface area contributed by atoms with Gasteiger partial charge in [0.2, 0.25) is 0 Å². The van der Waals surface area contributed by atoms with Gasteiger partial charge in [-0.2, -0.15) is 0 Å². The van der Waals surface area contributed by atoms with Gasteiger partial charge in [0, 0.05) is 18.9 Å². The van der Waals surface area contributed by atoms with Gasteiger partial charge in [-0.25, -0.2) is 4.98 Å². The molecule has 18 heavy (non-hydrogen) atoms. The molecular formula is C13H23N3O2. The molecule has 1 atom stereocenters. The second-order valence-electron chi connectivity index (χ2n) is 4.49. The lowest BCUT2D eigenvalue weighted by Crippen LogP contribution is -2.37. The molecule has 0 saturated heterocycles. The van der Waals surface area contributed by atoms with Crippen molar-refractivity contribution in [2.24, 2.45) is 0 Å². The van der Waals surface area contributed by atoms with Crippen molar-refractivity contribution in [2.45, 2.75) is 51.6 Å². The van der Waals surface area contributed by atoms with Crippen molar-refractivity contribution in [1.29, 1.82) is 0 Å². The van der Waals surface area contributed by atoms with E-state index in [1.165, 1.54) is 0 Å². The summed E-state index contributed by atoms with van der Waals surface area (Å²) in [6.45, 7) is 3.77. The Bertz CT molecular complexity index is 325. The maximum absolute atomic E-state index is 11.0. The molecule has 1 aromatic rings. The van der Waals surface area contributed by atoms with E-state index in [1.807, 2.05) is 10.8 Å². The van der Waals surface area contributed by atoms with E-state index in [4.69, 9.17) is 5.11 Å². The third-order valence-corrected chi connectivity index (χ3v) is 2.94. The summed E-state index contributed by atoms with van der Waals surface area (Å²) in [7, 11) is 0. The molecule has 102 valence electrons. The largest absolute Gasteiger partial charge is 0.480 e. The van der Waals surface area contributed by atoms with Gasteiger partial charge < -0.3 is 15.0 Å². The van der Waals surface area contributed by atoms with Crippen LogP contribution < -0.4 is 5.32 Å². The Morgan fingerprint density at radius 3 is 2.89 bits per heavy atom. The molecule has 1 aromatic heterocycles. The second-order valence-corrected chi connectivity index (χ2v) is 4.49. The molecule has 1 rings (SSSR count). The number of aliphatic carboxylic acids is 1. The summed E-state index contributed by atoms with van der Waals surface area (Å²) in [4.78, 5) is 15.0. The highest BCUT2D eigenvalue weighted by molar-refractivity contribution is 5.73. The molecule has 5 heteroatoms. The molecule has 0 aliphatic rings. The standard InChI is InChI=1S/C13H23N3O2/c1-2-3-6-12(13(17)18)15-7-4-5-9-16-10-8-14-11-16/h8,10-12,15H,2-7,9H2,1H3,(H,17,18). The van der Waals surface area contributed by atoms with Crippen LogP contribution in [-0.4, -0.2) is 33.2 Å². The van der Waals surface area contributed by atoms with Gasteiger partial charge in [-0.3, -0.25) is 4.79 Å². The Hall–Kier alpha value is -1.36. The Labute approximate surface area is 108 Å². The first-order valence-electron chi connectivity index (χ1n) is 6.66. The minimum atomic E-state index is -0.738. The molecule has 0 radical (unpaired) electrons. The van der Waals surface area contributed by atoms with Crippen LogP contribution >= 0.6 is 0 Å². The van der Waals surface area contributed by atoms with Gasteiger partial charge in [0.1, 0.15) is 6.04 Å². The number of imidazole rings is 1. The molecule has 0 aliphatic heterocycles. The summed E-state index contributed by atoms with van der Waals surface area (Å²) in [5.41, 5.74) is 0. The Kier molecular flexibility index (Phi) is 7.10. The lowest BCUT2D eigenvalue weighted by Gasteiger charge is -2.13. The summed E-state index contributed by atoms with van der Waals surface area (Å²) in [5, 5.41) is 12.1. The van der Waals surface area contributed by atoms with Gasteiger partial charge in [-0.05, 0) is 25.8 Å². The monoisotopic (exact) mass is 253 g/mol. The van der Waals surface area contributed by atoms with Crippen molar-refractivity contribution >= 4 is 5.97 Å². The minimum Gasteiger partial charge on any atom is -0.480 e. The maximum Gasteiger partial charge on any atom is 0.320 e. The molecule has 0 spiro atoms. The van der Waals surface area contributed by atoms with Crippen LogP contribution in [-0.2, 0) is 11.3 Å². The number of nitrogens with one attached hydrogen (secondary N) is 1. The number of carboxylic acids is 1. The SMILES string of the molecule is CCCCC(NCCCCn1ccnc1)C(=O)O. The molecule has 1 heterocycles. The first-order valence-corrected chi connectivity index (χ1v) is 6.66. The quantitative estimate of drug-likeness (QED) is 0.625. The Morgan fingerprint density at radius 2 is 2.28 bits per heavy atom. The Morgan fingerprint density at radius 1 is 1.44 bits per heavy atom. The number of hydrogen-bond acceptors (Lipinski definition) is 3. The first kappa shape index (κ1) is 14.7. The van der Waals surface area contributed by atoms with Crippen molar-refractivity contribution in [2.75, 3.05) is 6.54 Å². The van der Waals surface area contributed by atoms with Crippen LogP contribution in [0.15, 0.2) is 18.7 Å². The molecule has 0 saturated carbocycles. The van der Waals surface area contributed by atoms with E-state index in [1.54, 1.807) is 12.5 Å². The molecule has 0 aromatic carbocycles. The van der Waals surface area contributed by atoms with Crippen LogP contribution in [0.4, 0.5) is 0 Å². The number of rotatable bonds is 10. The number of hydrogen-bond donors (Lipinski definition) is 2. The summed E-state index contributed by atoms with van der Waals surface area (Å²) in [5.74, 6) is -0.738. The third-order valence-electron chi connectivity index (χ3n) is 2.94. The highest BCUT2D eigenvalue weighted by atomic mass is 16.4. The van der Waals surface area contributed by atoms with Gasteiger partial charge in [-0.1, -0.05) is 19.8 Å². The molecule has 5 nitrogen and oxygen atoms in total. The van der Waals surface area contributed by atoms with Crippen LogP contribution in [0.25, 0.3) is 0 Å². The number of aryl methyl sites for hydroxylation is 1. The van der Waals surface area contributed by atoms with Gasteiger partial charge >= 0.3 is 5.97 Å². The fourth-order valence-electron chi connectivity index (χ4n) is 1.84. The van der Waals surface area contributed by atoms with Crippen molar-refractivity contribution in [3.8, 4) is 0 Å². The lowest BCUT2D eigenvalue weighted by atomic mass is 10.1. The van der Waals surface area contributed by atoms with Gasteiger partial charge in [0.25, 0.3) is 0 Å². The van der Waals surface area contributed by atoms with Crippen LogP contribution in [0.1, 0.15) is 39.0 Å². The van der Waals surface area contributed by atoms with Crippen molar-refractivity contribution in [3.05, 3.63) is 18.7 Å². The summed E-state index contributed by atoms with van der Waals surface area (Å²) >= 11 is 0. The number of aromatic nitrogens is 2. The predicted molar refractivity (Wildman–Crippen MR) is 70.4 cm³/mol. The van der Waals surface area contributed by atoms with Gasteiger partial charge in [0.15, 0.2) is 0 Å². The highest BCUT2D eigenvalue weighted by Gasteiger charge is 2.14. The van der Waals surface area contributed by atoms with E-state index in [9.17, 15) is 4.79 Å². The van der Waals surface area contributed by atoms with Crippen LogP contribution in [0.5, 0.6) is 0 Å². The lowest BCUT2D eigenvalue weighted by molar-refractivity contribution is -0.139. The fourth-order valence-corrected chi connectivity index (χ4v) is 1.84. The van der Waals surface area contributed by atoms with E-state index in [0.717, 1.165) is 38.8 Å². The molecule has 2 N–H and O–H groups in total. The highest BCUT2D eigenvalue weighted by Crippen LogP contribution is 2.01. The molecule has 0 bridgehead atoms. The van der Waals surface area contributed by atoms with Crippen LogP contribution in [0.3, 0.4) is 0 Å². The number of carbonyl (C=O) groups is 1. The number of carboxylic acid groups (broad SMARTS) is 1. The zero-order valence-electron chi connectivity index (χ0n) is 11.0. The molecule has 0 amide bonds. The number of unbranched alkanes of at least 4 members (excludes halogenated alkanes) is 2. The average molecular weight is 253 g/mol. The number of nitrogens with zero attached hydrogens (tertiary/aromatic N) is 2. The van der Waals surface area contributed by atoms with E-state index < -0.39 is 12.0 Å². The summed E-state index contributed by atoms with van der Waals surface area (Å²) in [6, 6.07) is -0.391. The van der Waals surface area contributed by atoms with Crippen molar-refractivity contribution in [3.63, 3.8) is 0 Å². The van der Waals surface area contributed by atoms with E-state index >= 15 is 0 Å². The fraction of sp³-hybridized carbons (Fsp3) is 0.692. The zero-order valence-corrected chi connectivity index (χ0v) is 11.0. The summed E-state index contributed by atoms with van der Waals surface area (Å²) in [6.07, 6.45) is 10.2. The second kappa shape index (κ2) is 8.69. The normalized spacial score (nSPS) is 12.5. The molecule has 1 unspecified atom stereocenters. The zero-order chi connectivity index (χ0) is 13.2. The van der Waals surface area contributed by atoms with E-state index in [0.29, 0.717) is 6.42 Å². The smallest absolute Gasteiger partial charge is 0.320 e. The van der Waals surface area contributed by atoms with Crippen LogP contribution in [0, 0.1) is 0 Å². The predicted octanol–water partition coefficient (Wildman–Crippen LogP) is 1.90.